The molecule has 5 heteroatoms. The fraction of sp³-hybridized carbons (Fsp3) is 0.500. The van der Waals surface area contributed by atoms with Crippen LogP contribution in [0, 0.1) is 0 Å². The van der Waals surface area contributed by atoms with Gasteiger partial charge < -0.3 is 4.84 Å². The predicted octanol–water partition coefficient (Wildman–Crippen LogP) is -0.386. The molecule has 0 radical (unpaired) electrons. The highest BCUT2D eigenvalue weighted by atomic mass is 16.7. The lowest BCUT2D eigenvalue weighted by molar-refractivity contribution is -0.195. The lowest BCUT2D eigenvalue weighted by Gasteiger charge is -2.09. The molecule has 1 heterocycles. The van der Waals surface area contributed by atoms with E-state index in [9.17, 15) is 14.4 Å². The van der Waals surface area contributed by atoms with E-state index in [1.54, 1.807) is 0 Å². The van der Waals surface area contributed by atoms with E-state index in [0.29, 0.717) is 0 Å². The SMILES string of the molecule is [3H]C1C(=O)N(OC(C)=O)C(=O)C1([3H])[3H]. The summed E-state index contributed by atoms with van der Waals surface area (Å²) in [4.78, 5) is 36.8. The second kappa shape index (κ2) is 2.69. The molecular formula is C6H7NO4. The number of carbonyl (C=O) groups is 3. The molecule has 1 aliphatic rings. The van der Waals surface area contributed by atoms with Gasteiger partial charge in [0, 0.05) is 23.8 Å². The standard InChI is InChI=1S/C6H7NO4/c1-4(8)11-7-5(9)2-3-6(7)10/h2-3H2,1H3/i2T,3T2. The van der Waals surface area contributed by atoms with E-state index in [2.05, 4.69) is 4.84 Å². The number of amides is 2. The predicted molar refractivity (Wildman–Crippen MR) is 32.9 cm³/mol. The van der Waals surface area contributed by atoms with Gasteiger partial charge in [-0.1, -0.05) is 0 Å². The Hall–Kier alpha value is -1.39. The molecule has 0 bridgehead atoms. The molecule has 1 aliphatic heterocycles. The van der Waals surface area contributed by atoms with Crippen molar-refractivity contribution in [1.29, 1.82) is 0 Å². The lowest BCUT2D eigenvalue weighted by Crippen LogP contribution is -2.30. The molecule has 0 spiro atoms. The van der Waals surface area contributed by atoms with Crippen LogP contribution in [0.1, 0.15) is 23.8 Å². The van der Waals surface area contributed by atoms with Crippen LogP contribution >= 0.6 is 0 Å². The maximum Gasteiger partial charge on any atom is 0.330 e. The maximum absolute atomic E-state index is 11.1. The molecule has 0 aromatic carbocycles. The summed E-state index contributed by atoms with van der Waals surface area (Å²) in [6, 6.07) is 0. The topological polar surface area (TPSA) is 63.7 Å². The third-order valence-corrected chi connectivity index (χ3v) is 0.924. The van der Waals surface area contributed by atoms with Crippen molar-refractivity contribution in [2.45, 2.75) is 19.7 Å². The zero-order valence-electron chi connectivity index (χ0n) is 8.66. The molecule has 0 aromatic rings. The fourth-order valence-corrected chi connectivity index (χ4v) is 0.556. The smallest absolute Gasteiger partial charge is 0.330 e. The molecule has 0 N–H and O–H groups in total. The van der Waals surface area contributed by atoms with Gasteiger partial charge in [-0.3, -0.25) is 9.59 Å². The number of hydrogen-bond acceptors (Lipinski definition) is 4. The van der Waals surface area contributed by atoms with Crippen LogP contribution in [0.4, 0.5) is 0 Å². The zero-order valence-corrected chi connectivity index (χ0v) is 5.66. The van der Waals surface area contributed by atoms with Gasteiger partial charge >= 0.3 is 5.97 Å². The van der Waals surface area contributed by atoms with Crippen LogP contribution in [0.15, 0.2) is 0 Å². The van der Waals surface area contributed by atoms with Gasteiger partial charge in [0.25, 0.3) is 11.8 Å². The molecule has 11 heavy (non-hydrogen) atoms. The Balaban J connectivity index is 2.96. The summed E-state index contributed by atoms with van der Waals surface area (Å²) in [5.41, 5.74) is 0. The van der Waals surface area contributed by atoms with Crippen LogP contribution in [-0.4, -0.2) is 22.8 Å². The van der Waals surface area contributed by atoms with Gasteiger partial charge in [-0.15, -0.1) is 5.06 Å². The molecule has 5 nitrogen and oxygen atoms in total. The van der Waals surface area contributed by atoms with Crippen LogP contribution in [-0.2, 0) is 19.2 Å². The molecule has 1 fully saturated rings. The molecule has 2 amide bonds. The van der Waals surface area contributed by atoms with Gasteiger partial charge in [0.1, 0.15) is 0 Å². The number of nitrogens with zero attached hydrogens (tertiary/aromatic N) is 1. The summed E-state index contributed by atoms with van der Waals surface area (Å²) in [6.45, 7) is 0.966. The van der Waals surface area contributed by atoms with Crippen LogP contribution in [0.3, 0.4) is 0 Å². The van der Waals surface area contributed by atoms with Crippen molar-refractivity contribution in [3.63, 3.8) is 0 Å². The third kappa shape index (κ3) is 1.54. The van der Waals surface area contributed by atoms with Gasteiger partial charge in [-0.2, -0.15) is 0 Å². The van der Waals surface area contributed by atoms with Crippen molar-refractivity contribution in [2.75, 3.05) is 0 Å². The van der Waals surface area contributed by atoms with Crippen LogP contribution < -0.4 is 0 Å². The van der Waals surface area contributed by atoms with Crippen molar-refractivity contribution >= 4 is 17.8 Å². The second-order valence-corrected chi connectivity index (χ2v) is 1.81. The summed E-state index contributed by atoms with van der Waals surface area (Å²) < 4.78 is 21.2. The summed E-state index contributed by atoms with van der Waals surface area (Å²) >= 11 is 0. The monoisotopic (exact) mass is 163 g/mol. The highest BCUT2D eigenvalue weighted by molar-refractivity contribution is 6.01. The van der Waals surface area contributed by atoms with E-state index in [1.165, 1.54) is 0 Å². The fourth-order valence-electron chi connectivity index (χ4n) is 0.556. The molecule has 1 saturated heterocycles. The summed E-state index contributed by atoms with van der Waals surface area (Å²) in [6.07, 6.45) is -4.51. The Morgan fingerprint density at radius 2 is 2.27 bits per heavy atom. The van der Waals surface area contributed by atoms with Crippen LogP contribution in [0.2, 0.25) is 0 Å². The first-order chi connectivity index (χ1) is 6.28. The van der Waals surface area contributed by atoms with Gasteiger partial charge in [0.15, 0.2) is 0 Å². The average molecular weight is 163 g/mol. The minimum Gasteiger partial charge on any atom is -0.331 e. The lowest BCUT2D eigenvalue weighted by atomic mass is 10.4. The first-order valence-corrected chi connectivity index (χ1v) is 2.77. The molecular weight excluding hydrogens is 150 g/mol. The number of rotatable bonds is 1. The summed E-state index contributed by atoms with van der Waals surface area (Å²) in [5.74, 6) is -3.41. The summed E-state index contributed by atoms with van der Waals surface area (Å²) in [5, 5.41) is 0. The van der Waals surface area contributed by atoms with Crippen molar-refractivity contribution in [3.05, 3.63) is 0 Å². The second-order valence-electron chi connectivity index (χ2n) is 1.81. The molecule has 1 rings (SSSR count). The van der Waals surface area contributed by atoms with Crippen molar-refractivity contribution < 1.29 is 23.3 Å². The van der Waals surface area contributed by atoms with Crippen molar-refractivity contribution in [3.8, 4) is 0 Å². The Bertz CT molecular complexity index is 316. The normalized spacial score (nSPS) is 32.6. The molecule has 1 unspecified atom stereocenters. The molecule has 0 aliphatic carbocycles. The zero-order chi connectivity index (χ0) is 11.1. The quantitative estimate of drug-likeness (QED) is 0.494. The highest BCUT2D eigenvalue weighted by Gasteiger charge is 2.31. The van der Waals surface area contributed by atoms with E-state index in [-0.39, 0.29) is 5.06 Å². The minimum atomic E-state index is -2.63. The first kappa shape index (κ1) is 4.48. The Morgan fingerprint density at radius 1 is 1.64 bits per heavy atom. The number of hydroxylamine groups is 2. The molecule has 60 valence electrons. The largest absolute Gasteiger partial charge is 0.331 e. The Morgan fingerprint density at radius 3 is 2.64 bits per heavy atom. The van der Waals surface area contributed by atoms with Crippen molar-refractivity contribution in [1.82, 2.24) is 5.06 Å². The van der Waals surface area contributed by atoms with E-state index >= 15 is 0 Å². The minimum absolute atomic E-state index is 0. The van der Waals surface area contributed by atoms with Crippen molar-refractivity contribution in [2.24, 2.45) is 0 Å². The van der Waals surface area contributed by atoms with E-state index in [0.717, 1.165) is 6.92 Å². The van der Waals surface area contributed by atoms with Gasteiger partial charge in [0.2, 0.25) is 0 Å². The number of hydrogen-bond donors (Lipinski definition) is 0. The van der Waals surface area contributed by atoms with E-state index < -0.39 is 30.6 Å². The number of carbonyl (C=O) groups excluding carboxylic acids is 3. The molecule has 0 aromatic heterocycles. The molecule has 1 atom stereocenters. The van der Waals surface area contributed by atoms with Gasteiger partial charge in [0.05, 0.1) is 0 Å². The van der Waals surface area contributed by atoms with Crippen LogP contribution in [0.25, 0.3) is 0 Å². The first-order valence-electron chi connectivity index (χ1n) is 4.35. The summed E-state index contributed by atoms with van der Waals surface area (Å²) in [7, 11) is 0. The van der Waals surface area contributed by atoms with Gasteiger partial charge in [-0.25, -0.2) is 4.79 Å². The van der Waals surface area contributed by atoms with E-state index in [1.807, 2.05) is 0 Å². The third-order valence-electron chi connectivity index (χ3n) is 0.924. The average Bonchev–Trinajstić information content (AvgIpc) is 2.20. The Kier molecular flexibility index (Phi) is 1.10. The Labute approximate surface area is 67.1 Å². The van der Waals surface area contributed by atoms with E-state index in [4.69, 9.17) is 4.11 Å². The maximum atomic E-state index is 11.1. The number of imide groups is 1. The van der Waals surface area contributed by atoms with Gasteiger partial charge in [-0.05, 0) is 0 Å². The highest BCUT2D eigenvalue weighted by Crippen LogP contribution is 2.11. The van der Waals surface area contributed by atoms with Crippen LogP contribution in [0.5, 0.6) is 0 Å². The molecule has 0 saturated carbocycles.